The van der Waals surface area contributed by atoms with Crippen molar-refractivity contribution in [2.75, 3.05) is 11.0 Å². The largest absolute Gasteiger partial charge is 0.346 e. The van der Waals surface area contributed by atoms with Gasteiger partial charge in [-0.1, -0.05) is 57.7 Å². The summed E-state index contributed by atoms with van der Waals surface area (Å²) in [6.45, 7) is 11.7. The molecule has 0 spiro atoms. The predicted molar refractivity (Wildman–Crippen MR) is 126 cm³/mol. The molecule has 1 amide bonds. The maximum atomic E-state index is 14.5. The Labute approximate surface area is 184 Å². The van der Waals surface area contributed by atoms with Gasteiger partial charge in [0.05, 0.1) is 18.0 Å². The lowest BCUT2D eigenvalue weighted by Crippen LogP contribution is -2.25. The van der Waals surface area contributed by atoms with E-state index in [0.717, 1.165) is 11.8 Å². The van der Waals surface area contributed by atoms with Crippen molar-refractivity contribution in [1.82, 2.24) is 5.32 Å². The summed E-state index contributed by atoms with van der Waals surface area (Å²) < 4.78 is 39.6. The topological polar surface area (TPSA) is 75.3 Å². The standard InChI is InChI=1S/C24H29FN2O3S/c1-7-18-14-19(15-21(25)23(18)27-31(6,29)30)16(2)26-22(28)13-10-17-8-11-20(12-9-17)24(3,4)5/h7-16,27H,1H2,2-6H3,(H,26,28)/b13-10+/t16-/m1/s1. The number of hydrogen-bond acceptors (Lipinski definition) is 3. The summed E-state index contributed by atoms with van der Waals surface area (Å²) in [5, 5.41) is 2.78. The predicted octanol–water partition coefficient (Wildman–Crippen LogP) is 5.03. The van der Waals surface area contributed by atoms with Crippen molar-refractivity contribution in [3.05, 3.63) is 77.1 Å². The molecule has 0 aromatic heterocycles. The van der Waals surface area contributed by atoms with Crippen LogP contribution >= 0.6 is 0 Å². The number of nitrogens with one attached hydrogen (secondary N) is 2. The van der Waals surface area contributed by atoms with Crippen LogP contribution in [-0.4, -0.2) is 20.6 Å². The lowest BCUT2D eigenvalue weighted by atomic mass is 9.87. The van der Waals surface area contributed by atoms with Crippen molar-refractivity contribution in [2.45, 2.75) is 39.2 Å². The molecule has 0 saturated heterocycles. The Morgan fingerprint density at radius 3 is 2.29 bits per heavy atom. The van der Waals surface area contributed by atoms with Crippen molar-refractivity contribution < 1.29 is 17.6 Å². The highest BCUT2D eigenvalue weighted by molar-refractivity contribution is 7.92. The third kappa shape index (κ3) is 7.07. The first kappa shape index (κ1) is 24.3. The van der Waals surface area contributed by atoms with E-state index in [-0.39, 0.29) is 22.6 Å². The summed E-state index contributed by atoms with van der Waals surface area (Å²) >= 11 is 0. The molecule has 5 nitrogen and oxygen atoms in total. The fourth-order valence-electron chi connectivity index (χ4n) is 2.96. The van der Waals surface area contributed by atoms with E-state index in [1.54, 1.807) is 19.1 Å². The third-order valence-corrected chi connectivity index (χ3v) is 5.29. The smallest absolute Gasteiger partial charge is 0.244 e. The molecule has 2 N–H and O–H groups in total. The Kier molecular flexibility index (Phi) is 7.44. The Hall–Kier alpha value is -2.93. The van der Waals surface area contributed by atoms with Gasteiger partial charge in [0.25, 0.3) is 0 Å². The highest BCUT2D eigenvalue weighted by Gasteiger charge is 2.17. The Morgan fingerprint density at radius 1 is 1.16 bits per heavy atom. The minimum Gasteiger partial charge on any atom is -0.346 e. The summed E-state index contributed by atoms with van der Waals surface area (Å²) in [6.07, 6.45) is 5.44. The second-order valence-corrected chi connectivity index (χ2v) is 10.2. The molecule has 31 heavy (non-hydrogen) atoms. The first-order valence-electron chi connectivity index (χ1n) is 9.83. The molecule has 1 atom stereocenters. The van der Waals surface area contributed by atoms with Gasteiger partial charge in [-0.05, 0) is 47.2 Å². The lowest BCUT2D eigenvalue weighted by Gasteiger charge is -2.18. The summed E-state index contributed by atoms with van der Waals surface area (Å²) in [5.41, 5.74) is 2.77. The van der Waals surface area contributed by atoms with Gasteiger partial charge >= 0.3 is 0 Å². The number of rotatable bonds is 7. The van der Waals surface area contributed by atoms with Crippen LogP contribution in [0.15, 0.2) is 49.1 Å². The molecule has 0 aliphatic heterocycles. The Morgan fingerprint density at radius 2 is 1.77 bits per heavy atom. The van der Waals surface area contributed by atoms with Gasteiger partial charge in [-0.2, -0.15) is 0 Å². The molecular weight excluding hydrogens is 415 g/mol. The molecule has 0 aliphatic carbocycles. The molecule has 0 fully saturated rings. The summed E-state index contributed by atoms with van der Waals surface area (Å²) in [7, 11) is -3.65. The maximum Gasteiger partial charge on any atom is 0.244 e. The van der Waals surface area contributed by atoms with Crippen molar-refractivity contribution in [2.24, 2.45) is 0 Å². The molecule has 0 bridgehead atoms. The number of anilines is 1. The number of sulfonamides is 1. The van der Waals surface area contributed by atoms with E-state index >= 15 is 0 Å². The van der Waals surface area contributed by atoms with Gasteiger partial charge in [-0.15, -0.1) is 0 Å². The highest BCUT2D eigenvalue weighted by Crippen LogP contribution is 2.27. The lowest BCUT2D eigenvalue weighted by molar-refractivity contribution is -0.117. The summed E-state index contributed by atoms with van der Waals surface area (Å²) in [5.74, 6) is -1.07. The molecule has 0 radical (unpaired) electrons. The second-order valence-electron chi connectivity index (χ2n) is 8.48. The molecule has 7 heteroatoms. The second kappa shape index (κ2) is 9.47. The van der Waals surface area contributed by atoms with Crippen LogP contribution in [0.2, 0.25) is 0 Å². The average Bonchev–Trinajstić information content (AvgIpc) is 2.66. The van der Waals surface area contributed by atoms with Gasteiger partial charge in [0.2, 0.25) is 15.9 Å². The average molecular weight is 445 g/mol. The zero-order chi connectivity index (χ0) is 23.4. The summed E-state index contributed by atoms with van der Waals surface area (Å²) in [4.78, 5) is 12.3. The molecule has 0 aliphatic rings. The molecular formula is C24H29FN2O3S. The number of hydrogen-bond donors (Lipinski definition) is 2. The molecule has 2 aromatic carbocycles. The van der Waals surface area contributed by atoms with Gasteiger partial charge < -0.3 is 5.32 Å². The Balaban J connectivity index is 2.13. The molecule has 166 valence electrons. The van der Waals surface area contributed by atoms with Crippen molar-refractivity contribution in [3.63, 3.8) is 0 Å². The molecule has 0 unspecified atom stereocenters. The van der Waals surface area contributed by atoms with Gasteiger partial charge in [0, 0.05) is 11.6 Å². The number of benzene rings is 2. The van der Waals surface area contributed by atoms with Crippen LogP contribution in [0.25, 0.3) is 12.2 Å². The van der Waals surface area contributed by atoms with Crippen LogP contribution in [0.1, 0.15) is 56.0 Å². The molecule has 0 saturated carbocycles. The first-order valence-corrected chi connectivity index (χ1v) is 11.7. The number of carbonyl (C=O) groups excluding carboxylic acids is 1. The van der Waals surface area contributed by atoms with E-state index in [1.807, 2.05) is 24.3 Å². The number of amides is 1. The van der Waals surface area contributed by atoms with Crippen molar-refractivity contribution in [1.29, 1.82) is 0 Å². The maximum absolute atomic E-state index is 14.5. The van der Waals surface area contributed by atoms with E-state index < -0.39 is 21.9 Å². The van der Waals surface area contributed by atoms with Crippen LogP contribution in [-0.2, 0) is 20.2 Å². The third-order valence-electron chi connectivity index (χ3n) is 4.71. The van der Waals surface area contributed by atoms with Crippen LogP contribution in [0, 0.1) is 5.82 Å². The number of halogens is 1. The van der Waals surface area contributed by atoms with Gasteiger partial charge in [0.1, 0.15) is 5.82 Å². The van der Waals surface area contributed by atoms with E-state index in [2.05, 4.69) is 37.4 Å². The van der Waals surface area contributed by atoms with Gasteiger partial charge in [-0.3, -0.25) is 9.52 Å². The molecule has 2 rings (SSSR count). The minimum atomic E-state index is -3.65. The molecule has 2 aromatic rings. The highest BCUT2D eigenvalue weighted by atomic mass is 32.2. The van der Waals surface area contributed by atoms with Gasteiger partial charge in [0.15, 0.2) is 0 Å². The van der Waals surface area contributed by atoms with E-state index in [9.17, 15) is 17.6 Å². The van der Waals surface area contributed by atoms with Crippen LogP contribution < -0.4 is 10.0 Å². The summed E-state index contributed by atoms with van der Waals surface area (Å²) in [6, 6.07) is 10.3. The van der Waals surface area contributed by atoms with E-state index in [1.165, 1.54) is 23.8 Å². The quantitative estimate of drug-likeness (QED) is 0.588. The fraction of sp³-hybridized carbons (Fsp3) is 0.292. The minimum absolute atomic E-state index is 0.0565. The Bertz CT molecular complexity index is 1100. The van der Waals surface area contributed by atoms with Crippen LogP contribution in [0.4, 0.5) is 10.1 Å². The number of carbonyl (C=O) groups is 1. The first-order chi connectivity index (χ1) is 14.3. The van der Waals surface area contributed by atoms with E-state index in [4.69, 9.17) is 0 Å². The normalized spacial score (nSPS) is 13.1. The van der Waals surface area contributed by atoms with Crippen molar-refractivity contribution in [3.8, 4) is 0 Å². The van der Waals surface area contributed by atoms with Crippen molar-refractivity contribution >= 4 is 33.8 Å². The van der Waals surface area contributed by atoms with Crippen LogP contribution in [0.5, 0.6) is 0 Å². The molecule has 0 heterocycles. The fourth-order valence-corrected chi connectivity index (χ4v) is 3.55. The monoisotopic (exact) mass is 444 g/mol. The van der Waals surface area contributed by atoms with E-state index in [0.29, 0.717) is 5.56 Å². The van der Waals surface area contributed by atoms with Crippen LogP contribution in [0.3, 0.4) is 0 Å². The zero-order valence-corrected chi connectivity index (χ0v) is 19.3. The zero-order valence-electron chi connectivity index (χ0n) is 18.5. The SMILES string of the molecule is C=Cc1cc([C@@H](C)NC(=O)/C=C/c2ccc(C(C)(C)C)cc2)cc(F)c1NS(C)(=O)=O. The van der Waals surface area contributed by atoms with Gasteiger partial charge in [-0.25, -0.2) is 12.8 Å².